The molecule has 0 bridgehead atoms. The summed E-state index contributed by atoms with van der Waals surface area (Å²) in [6.45, 7) is 2.13. The van der Waals surface area contributed by atoms with Crippen molar-refractivity contribution in [2.75, 3.05) is 0 Å². The molecule has 80 valence electrons. The van der Waals surface area contributed by atoms with E-state index in [1.54, 1.807) is 6.07 Å². The van der Waals surface area contributed by atoms with Crippen LogP contribution < -0.4 is 0 Å². The normalized spacial score (nSPS) is 9.53. The number of benzene rings is 1. The van der Waals surface area contributed by atoms with Crippen LogP contribution in [0.1, 0.15) is 31.7 Å². The van der Waals surface area contributed by atoms with Crippen molar-refractivity contribution in [3.8, 4) is 11.8 Å². The number of hydrogen-bond acceptors (Lipinski definition) is 0. The second-order valence-corrected chi connectivity index (χ2v) is 4.18. The Kier molecular flexibility index (Phi) is 5.61. The van der Waals surface area contributed by atoms with Crippen LogP contribution in [0.3, 0.4) is 0 Å². The van der Waals surface area contributed by atoms with Crippen molar-refractivity contribution in [1.29, 1.82) is 0 Å². The first-order valence-electron chi connectivity index (χ1n) is 5.13. The first kappa shape index (κ1) is 12.4. The van der Waals surface area contributed by atoms with Crippen LogP contribution in [0.4, 0.5) is 0 Å². The predicted octanol–water partition coefficient (Wildman–Crippen LogP) is 4.73. The van der Waals surface area contributed by atoms with Gasteiger partial charge >= 0.3 is 0 Å². The van der Waals surface area contributed by atoms with Gasteiger partial charge in [-0.1, -0.05) is 36.2 Å². The summed E-state index contributed by atoms with van der Waals surface area (Å²) in [4.78, 5) is 0. The fourth-order valence-electron chi connectivity index (χ4n) is 1.22. The molecule has 0 radical (unpaired) electrons. The molecule has 1 aromatic carbocycles. The highest BCUT2D eigenvalue weighted by Gasteiger charge is 1.99. The zero-order valence-electron chi connectivity index (χ0n) is 8.82. The molecule has 0 atom stereocenters. The SMILES string of the molecule is CCCC#CCCc1ccc(Cl)cc1Cl. The zero-order chi connectivity index (χ0) is 11.1. The Hall–Kier alpha value is -0.640. The molecule has 0 amide bonds. The summed E-state index contributed by atoms with van der Waals surface area (Å²) in [6, 6.07) is 5.60. The van der Waals surface area contributed by atoms with Crippen LogP contribution in [-0.4, -0.2) is 0 Å². The quantitative estimate of drug-likeness (QED) is 0.671. The molecular formula is C13H14Cl2. The lowest BCUT2D eigenvalue weighted by Crippen LogP contribution is -1.85. The van der Waals surface area contributed by atoms with Gasteiger partial charge < -0.3 is 0 Å². The molecule has 0 aliphatic heterocycles. The molecule has 0 spiro atoms. The topological polar surface area (TPSA) is 0 Å². The lowest BCUT2D eigenvalue weighted by Gasteiger charge is -2.01. The summed E-state index contributed by atoms with van der Waals surface area (Å²) >= 11 is 11.8. The van der Waals surface area contributed by atoms with Crippen LogP contribution in [0, 0.1) is 11.8 Å². The Morgan fingerprint density at radius 3 is 2.53 bits per heavy atom. The van der Waals surface area contributed by atoms with E-state index in [1.165, 1.54) is 0 Å². The van der Waals surface area contributed by atoms with Crippen molar-refractivity contribution in [2.24, 2.45) is 0 Å². The van der Waals surface area contributed by atoms with E-state index >= 15 is 0 Å². The highest BCUT2D eigenvalue weighted by molar-refractivity contribution is 6.35. The van der Waals surface area contributed by atoms with Crippen LogP contribution in [0.5, 0.6) is 0 Å². The molecule has 0 N–H and O–H groups in total. The molecule has 0 saturated carbocycles. The molecule has 0 aliphatic rings. The van der Waals surface area contributed by atoms with E-state index in [2.05, 4.69) is 18.8 Å². The predicted molar refractivity (Wildman–Crippen MR) is 67.5 cm³/mol. The Balaban J connectivity index is 2.48. The number of aryl methyl sites for hydroxylation is 1. The Morgan fingerprint density at radius 2 is 1.87 bits per heavy atom. The molecule has 0 nitrogen and oxygen atoms in total. The minimum Gasteiger partial charge on any atom is -0.103 e. The van der Waals surface area contributed by atoms with Gasteiger partial charge in [-0.05, 0) is 30.5 Å². The van der Waals surface area contributed by atoms with Crippen LogP contribution in [0.15, 0.2) is 18.2 Å². The Labute approximate surface area is 102 Å². The first-order chi connectivity index (χ1) is 7.24. The van der Waals surface area contributed by atoms with Crippen molar-refractivity contribution < 1.29 is 0 Å². The van der Waals surface area contributed by atoms with Gasteiger partial charge in [0.2, 0.25) is 0 Å². The highest BCUT2D eigenvalue weighted by atomic mass is 35.5. The van der Waals surface area contributed by atoms with Crippen molar-refractivity contribution in [2.45, 2.75) is 32.6 Å². The second kappa shape index (κ2) is 6.77. The van der Waals surface area contributed by atoms with Gasteiger partial charge in [0.05, 0.1) is 0 Å². The Bertz CT molecular complexity index is 372. The lowest BCUT2D eigenvalue weighted by atomic mass is 10.1. The summed E-state index contributed by atoms with van der Waals surface area (Å²) in [5.74, 6) is 6.25. The van der Waals surface area contributed by atoms with Crippen molar-refractivity contribution >= 4 is 23.2 Å². The maximum Gasteiger partial charge on any atom is 0.0453 e. The van der Waals surface area contributed by atoms with Gasteiger partial charge in [-0.15, -0.1) is 11.8 Å². The monoisotopic (exact) mass is 240 g/mol. The minimum atomic E-state index is 0.681. The van der Waals surface area contributed by atoms with Gasteiger partial charge in [-0.3, -0.25) is 0 Å². The molecule has 0 saturated heterocycles. The summed E-state index contributed by atoms with van der Waals surface area (Å²) in [5, 5.41) is 1.42. The van der Waals surface area contributed by atoms with Crippen molar-refractivity contribution in [3.05, 3.63) is 33.8 Å². The number of rotatable bonds is 3. The third-order valence-corrected chi connectivity index (χ3v) is 2.62. The first-order valence-corrected chi connectivity index (χ1v) is 5.89. The summed E-state index contributed by atoms with van der Waals surface area (Å²) < 4.78 is 0. The lowest BCUT2D eigenvalue weighted by molar-refractivity contribution is 0.974. The molecular weight excluding hydrogens is 227 g/mol. The fraction of sp³-hybridized carbons (Fsp3) is 0.385. The van der Waals surface area contributed by atoms with Gasteiger partial charge in [0.25, 0.3) is 0 Å². The van der Waals surface area contributed by atoms with Gasteiger partial charge in [0.1, 0.15) is 0 Å². The van der Waals surface area contributed by atoms with Crippen molar-refractivity contribution in [3.63, 3.8) is 0 Å². The summed E-state index contributed by atoms with van der Waals surface area (Å²) in [7, 11) is 0. The molecule has 1 rings (SSSR count). The van der Waals surface area contributed by atoms with E-state index in [0.29, 0.717) is 5.02 Å². The number of halogens is 2. The Morgan fingerprint density at radius 1 is 1.13 bits per heavy atom. The molecule has 2 heteroatoms. The van der Waals surface area contributed by atoms with E-state index in [1.807, 2.05) is 12.1 Å². The average molecular weight is 241 g/mol. The smallest absolute Gasteiger partial charge is 0.0453 e. The summed E-state index contributed by atoms with van der Waals surface area (Å²) in [5.41, 5.74) is 1.12. The fourth-order valence-corrected chi connectivity index (χ4v) is 1.73. The second-order valence-electron chi connectivity index (χ2n) is 3.34. The van der Waals surface area contributed by atoms with Crippen LogP contribution in [-0.2, 0) is 6.42 Å². The highest BCUT2D eigenvalue weighted by Crippen LogP contribution is 2.21. The van der Waals surface area contributed by atoms with E-state index < -0.39 is 0 Å². The average Bonchev–Trinajstić information content (AvgIpc) is 2.20. The van der Waals surface area contributed by atoms with Crippen LogP contribution >= 0.6 is 23.2 Å². The number of unbranched alkanes of at least 4 members (excludes halogenated alkanes) is 1. The third-order valence-electron chi connectivity index (χ3n) is 2.03. The molecule has 0 aromatic heterocycles. The van der Waals surface area contributed by atoms with Gasteiger partial charge in [0, 0.05) is 22.9 Å². The molecule has 0 unspecified atom stereocenters. The van der Waals surface area contributed by atoms with Crippen LogP contribution in [0.2, 0.25) is 10.0 Å². The molecule has 1 aromatic rings. The van der Waals surface area contributed by atoms with Gasteiger partial charge in [-0.2, -0.15) is 0 Å². The largest absolute Gasteiger partial charge is 0.103 e. The number of hydrogen-bond donors (Lipinski definition) is 0. The minimum absolute atomic E-state index is 0.681. The third kappa shape index (κ3) is 4.60. The van der Waals surface area contributed by atoms with E-state index in [4.69, 9.17) is 23.2 Å². The van der Waals surface area contributed by atoms with Crippen molar-refractivity contribution in [1.82, 2.24) is 0 Å². The molecule has 15 heavy (non-hydrogen) atoms. The standard InChI is InChI=1S/C13H14Cl2/c1-2-3-4-5-6-7-11-8-9-12(14)10-13(11)15/h8-10H,2-3,6-7H2,1H3. The van der Waals surface area contributed by atoms with E-state index in [-0.39, 0.29) is 0 Å². The molecule has 0 heterocycles. The van der Waals surface area contributed by atoms with Gasteiger partial charge in [0.15, 0.2) is 0 Å². The maximum atomic E-state index is 6.04. The summed E-state index contributed by atoms with van der Waals surface area (Å²) in [6.07, 6.45) is 3.86. The van der Waals surface area contributed by atoms with E-state index in [0.717, 1.165) is 36.3 Å². The molecule has 0 aliphatic carbocycles. The maximum absolute atomic E-state index is 6.04. The van der Waals surface area contributed by atoms with Crippen LogP contribution in [0.25, 0.3) is 0 Å². The van der Waals surface area contributed by atoms with E-state index in [9.17, 15) is 0 Å². The molecule has 0 fully saturated rings. The van der Waals surface area contributed by atoms with Gasteiger partial charge in [-0.25, -0.2) is 0 Å². The zero-order valence-corrected chi connectivity index (χ0v) is 10.3.